The molecule has 3 N–H and O–H groups in total. The summed E-state index contributed by atoms with van der Waals surface area (Å²) in [5.41, 5.74) is 5.31. The van der Waals surface area contributed by atoms with Crippen LogP contribution >= 0.6 is 11.3 Å². The van der Waals surface area contributed by atoms with Crippen molar-refractivity contribution in [2.24, 2.45) is 23.7 Å². The highest BCUT2D eigenvalue weighted by atomic mass is 32.1. The number of nitrogens with one attached hydrogen (secondary N) is 2. The number of carbonyl (C=O) groups is 3. The summed E-state index contributed by atoms with van der Waals surface area (Å²) in [6, 6.07) is 1.82. The van der Waals surface area contributed by atoms with Crippen molar-refractivity contribution in [1.29, 1.82) is 0 Å². The molecule has 128 valence electrons. The molecule has 7 heteroatoms. The van der Waals surface area contributed by atoms with Crippen molar-refractivity contribution >= 4 is 29.1 Å². The number of aryl methyl sites for hydroxylation is 1. The average Bonchev–Trinajstić information content (AvgIpc) is 3.27. The second kappa shape index (κ2) is 6.76. The van der Waals surface area contributed by atoms with Crippen molar-refractivity contribution in [1.82, 2.24) is 10.9 Å². The standard InChI is InChI=1S/C17H20N2O4S/c1-2-3-12-7-11(8-24-12)15(20)18-19-16(21)13-9-4-5-10(6-9)14(13)17(22)23/h4-5,7-10,13-14H,2-3,6H2,1H3,(H,18,20)(H,19,21)(H,22,23). The zero-order chi connectivity index (χ0) is 17.3. The van der Waals surface area contributed by atoms with E-state index in [1.165, 1.54) is 11.3 Å². The largest absolute Gasteiger partial charge is 0.481 e. The van der Waals surface area contributed by atoms with Gasteiger partial charge in [0.2, 0.25) is 5.91 Å². The maximum Gasteiger partial charge on any atom is 0.307 e. The van der Waals surface area contributed by atoms with Crippen molar-refractivity contribution in [2.75, 3.05) is 0 Å². The molecule has 1 aromatic heterocycles. The fourth-order valence-corrected chi connectivity index (χ4v) is 4.64. The first kappa shape index (κ1) is 16.7. The number of carboxylic acid groups (broad SMARTS) is 1. The Labute approximate surface area is 143 Å². The monoisotopic (exact) mass is 348 g/mol. The molecule has 1 aromatic rings. The number of allylic oxidation sites excluding steroid dienone is 2. The number of hydrogen-bond donors (Lipinski definition) is 3. The molecule has 0 aromatic carbocycles. The fraction of sp³-hybridized carbons (Fsp3) is 0.471. The van der Waals surface area contributed by atoms with Crippen LogP contribution in [0.5, 0.6) is 0 Å². The van der Waals surface area contributed by atoms with Crippen LogP contribution in [-0.4, -0.2) is 22.9 Å². The quantitative estimate of drug-likeness (QED) is 0.560. The predicted molar refractivity (Wildman–Crippen MR) is 89.3 cm³/mol. The summed E-state index contributed by atoms with van der Waals surface area (Å²) in [5.74, 6) is -3.27. The average molecular weight is 348 g/mol. The van der Waals surface area contributed by atoms with Gasteiger partial charge in [-0.1, -0.05) is 25.5 Å². The maximum absolute atomic E-state index is 12.4. The van der Waals surface area contributed by atoms with Crippen molar-refractivity contribution in [2.45, 2.75) is 26.2 Å². The van der Waals surface area contributed by atoms with Crippen LogP contribution in [0.4, 0.5) is 0 Å². The van der Waals surface area contributed by atoms with E-state index in [1.54, 1.807) is 5.38 Å². The van der Waals surface area contributed by atoms with E-state index in [-0.39, 0.29) is 17.7 Å². The Morgan fingerprint density at radius 3 is 2.58 bits per heavy atom. The van der Waals surface area contributed by atoms with Crippen LogP contribution in [-0.2, 0) is 16.0 Å². The number of fused-ring (bicyclic) bond motifs is 2. The van der Waals surface area contributed by atoms with E-state index < -0.39 is 23.7 Å². The lowest BCUT2D eigenvalue weighted by Gasteiger charge is -2.23. The summed E-state index contributed by atoms with van der Waals surface area (Å²) in [4.78, 5) is 37.0. The van der Waals surface area contributed by atoms with Gasteiger partial charge in [-0.2, -0.15) is 0 Å². The molecular formula is C17H20N2O4S. The smallest absolute Gasteiger partial charge is 0.307 e. The molecule has 0 radical (unpaired) electrons. The molecule has 3 rings (SSSR count). The minimum Gasteiger partial charge on any atom is -0.481 e. The van der Waals surface area contributed by atoms with Crippen LogP contribution in [0.2, 0.25) is 0 Å². The molecule has 0 saturated heterocycles. The fourth-order valence-electron chi connectivity index (χ4n) is 3.67. The lowest BCUT2D eigenvalue weighted by molar-refractivity contribution is -0.148. The van der Waals surface area contributed by atoms with Crippen LogP contribution in [0.3, 0.4) is 0 Å². The Morgan fingerprint density at radius 2 is 1.92 bits per heavy atom. The molecule has 1 fully saturated rings. The van der Waals surface area contributed by atoms with Gasteiger partial charge in [0.05, 0.1) is 17.4 Å². The third-order valence-corrected chi connectivity index (χ3v) is 5.76. The van der Waals surface area contributed by atoms with E-state index in [1.807, 2.05) is 18.2 Å². The second-order valence-corrected chi connectivity index (χ2v) is 7.33. The van der Waals surface area contributed by atoms with Gasteiger partial charge in [0, 0.05) is 10.3 Å². The number of thiophene rings is 1. The first-order chi connectivity index (χ1) is 11.5. The molecule has 1 heterocycles. The van der Waals surface area contributed by atoms with Gasteiger partial charge in [-0.05, 0) is 30.7 Å². The summed E-state index contributed by atoms with van der Waals surface area (Å²) in [6.07, 6.45) is 6.40. The molecule has 0 aliphatic heterocycles. The number of hydrazine groups is 1. The molecular weight excluding hydrogens is 328 g/mol. The first-order valence-corrected chi connectivity index (χ1v) is 8.98. The Balaban J connectivity index is 1.59. The Bertz CT molecular complexity index is 697. The van der Waals surface area contributed by atoms with Gasteiger partial charge < -0.3 is 5.11 Å². The molecule has 4 unspecified atom stereocenters. The van der Waals surface area contributed by atoms with Crippen molar-refractivity contribution < 1.29 is 19.5 Å². The number of hydrogen-bond acceptors (Lipinski definition) is 4. The van der Waals surface area contributed by atoms with E-state index in [2.05, 4.69) is 17.8 Å². The maximum atomic E-state index is 12.4. The van der Waals surface area contributed by atoms with E-state index in [4.69, 9.17) is 0 Å². The first-order valence-electron chi connectivity index (χ1n) is 8.10. The summed E-state index contributed by atoms with van der Waals surface area (Å²) in [6.45, 7) is 2.07. The van der Waals surface area contributed by atoms with E-state index in [9.17, 15) is 19.5 Å². The van der Waals surface area contributed by atoms with Crippen LogP contribution in [0.25, 0.3) is 0 Å². The molecule has 2 aliphatic carbocycles. The number of aliphatic carboxylic acids is 1. The summed E-state index contributed by atoms with van der Waals surface area (Å²) < 4.78 is 0. The summed E-state index contributed by atoms with van der Waals surface area (Å²) >= 11 is 1.52. The Morgan fingerprint density at radius 1 is 1.21 bits per heavy atom. The SMILES string of the molecule is CCCc1cc(C(=O)NNC(=O)C2C3C=CC(C3)C2C(=O)O)cs1. The highest BCUT2D eigenvalue weighted by Gasteiger charge is 2.51. The topological polar surface area (TPSA) is 95.5 Å². The zero-order valence-corrected chi connectivity index (χ0v) is 14.1. The number of rotatable bonds is 5. The van der Waals surface area contributed by atoms with Crippen molar-refractivity contribution in [3.63, 3.8) is 0 Å². The molecule has 4 atom stereocenters. The number of carboxylic acids is 1. The molecule has 0 spiro atoms. The van der Waals surface area contributed by atoms with Gasteiger partial charge in [0.1, 0.15) is 0 Å². The normalized spacial score (nSPS) is 27.2. The Kier molecular flexibility index (Phi) is 4.71. The van der Waals surface area contributed by atoms with Crippen molar-refractivity contribution in [3.05, 3.63) is 34.0 Å². The zero-order valence-electron chi connectivity index (χ0n) is 13.3. The predicted octanol–water partition coefficient (Wildman–Crippen LogP) is 1.98. The molecule has 2 bridgehead atoms. The third-order valence-electron chi connectivity index (χ3n) is 4.76. The molecule has 1 saturated carbocycles. The number of carbonyl (C=O) groups excluding carboxylic acids is 2. The van der Waals surface area contributed by atoms with E-state index in [0.717, 1.165) is 17.7 Å². The van der Waals surface area contributed by atoms with Gasteiger partial charge in [-0.3, -0.25) is 25.2 Å². The van der Waals surface area contributed by atoms with Gasteiger partial charge in [-0.25, -0.2) is 0 Å². The van der Waals surface area contributed by atoms with Gasteiger partial charge >= 0.3 is 5.97 Å². The van der Waals surface area contributed by atoms with E-state index in [0.29, 0.717) is 12.0 Å². The molecule has 24 heavy (non-hydrogen) atoms. The van der Waals surface area contributed by atoms with Gasteiger partial charge in [0.15, 0.2) is 0 Å². The lowest BCUT2D eigenvalue weighted by atomic mass is 9.82. The number of amides is 2. The minimum atomic E-state index is -0.958. The molecule has 6 nitrogen and oxygen atoms in total. The Hall–Kier alpha value is -2.15. The summed E-state index contributed by atoms with van der Waals surface area (Å²) in [5, 5.41) is 11.1. The van der Waals surface area contributed by atoms with Gasteiger partial charge in [-0.15, -0.1) is 11.3 Å². The van der Waals surface area contributed by atoms with Crippen LogP contribution in [0, 0.1) is 23.7 Å². The third kappa shape index (κ3) is 3.08. The van der Waals surface area contributed by atoms with Crippen LogP contribution in [0.15, 0.2) is 23.6 Å². The van der Waals surface area contributed by atoms with Crippen LogP contribution in [0.1, 0.15) is 35.0 Å². The van der Waals surface area contributed by atoms with Gasteiger partial charge in [0.25, 0.3) is 5.91 Å². The molecule has 2 amide bonds. The summed E-state index contributed by atoms with van der Waals surface area (Å²) in [7, 11) is 0. The minimum absolute atomic E-state index is 0.0645. The molecule has 2 aliphatic rings. The highest BCUT2D eigenvalue weighted by molar-refractivity contribution is 7.10. The van der Waals surface area contributed by atoms with E-state index >= 15 is 0 Å². The van der Waals surface area contributed by atoms with Crippen molar-refractivity contribution in [3.8, 4) is 0 Å². The van der Waals surface area contributed by atoms with Crippen LogP contribution < -0.4 is 10.9 Å². The lowest BCUT2D eigenvalue weighted by Crippen LogP contribution is -2.48. The second-order valence-electron chi connectivity index (χ2n) is 6.33. The highest BCUT2D eigenvalue weighted by Crippen LogP contribution is 2.48.